The summed E-state index contributed by atoms with van der Waals surface area (Å²) >= 11 is 1.32. The van der Waals surface area contributed by atoms with Gasteiger partial charge >= 0.3 is 12.3 Å². The van der Waals surface area contributed by atoms with Crippen LogP contribution in [-0.4, -0.2) is 62.4 Å². The molecule has 4 heterocycles. The number of fused-ring (bicyclic) bond motifs is 1. The van der Waals surface area contributed by atoms with Gasteiger partial charge in [-0.05, 0) is 26.8 Å². The molecule has 3 aromatic heterocycles. The smallest absolute Gasteiger partial charge is 0.419 e. The van der Waals surface area contributed by atoms with Crippen molar-refractivity contribution in [2.75, 3.05) is 36.8 Å². The van der Waals surface area contributed by atoms with Gasteiger partial charge in [-0.2, -0.15) is 13.2 Å². The number of ether oxygens (including phenoxy) is 1. The summed E-state index contributed by atoms with van der Waals surface area (Å²) in [7, 11) is 0. The zero-order valence-corrected chi connectivity index (χ0v) is 18.5. The number of carbonyl (C=O) groups is 1. The molecule has 0 bridgehead atoms. The summed E-state index contributed by atoms with van der Waals surface area (Å²) < 4.78 is 46.5. The van der Waals surface area contributed by atoms with Crippen molar-refractivity contribution in [3.63, 3.8) is 0 Å². The molecule has 0 radical (unpaired) electrons. The fraction of sp³-hybridized carbons (Fsp3) is 0.474. The van der Waals surface area contributed by atoms with Gasteiger partial charge in [0.1, 0.15) is 11.4 Å². The Hall–Kier alpha value is -3.09. The minimum Gasteiger partial charge on any atom is -0.444 e. The van der Waals surface area contributed by atoms with Crippen molar-refractivity contribution in [2.24, 2.45) is 0 Å². The number of imidazole rings is 1. The zero-order valence-electron chi connectivity index (χ0n) is 17.7. The predicted molar refractivity (Wildman–Crippen MR) is 114 cm³/mol. The van der Waals surface area contributed by atoms with Crippen LogP contribution < -0.4 is 10.6 Å². The number of piperazine rings is 1. The molecule has 32 heavy (non-hydrogen) atoms. The Morgan fingerprint density at radius 1 is 1.12 bits per heavy atom. The van der Waals surface area contributed by atoms with Crippen molar-refractivity contribution in [1.29, 1.82) is 0 Å². The molecule has 0 saturated carbocycles. The van der Waals surface area contributed by atoms with Gasteiger partial charge < -0.3 is 20.3 Å². The fourth-order valence-corrected chi connectivity index (χ4v) is 4.18. The number of pyridine rings is 1. The largest absolute Gasteiger partial charge is 0.444 e. The molecule has 0 aromatic carbocycles. The molecule has 1 aliphatic rings. The molecule has 0 spiro atoms. The molecular formula is C19H22F3N7O2S. The van der Waals surface area contributed by atoms with Crippen LogP contribution in [-0.2, 0) is 10.9 Å². The summed E-state index contributed by atoms with van der Waals surface area (Å²) in [5.41, 5.74) is 4.43. The first-order valence-electron chi connectivity index (χ1n) is 9.83. The van der Waals surface area contributed by atoms with Gasteiger partial charge in [-0.15, -0.1) is 5.10 Å². The van der Waals surface area contributed by atoms with Gasteiger partial charge in [0.15, 0.2) is 0 Å². The zero-order chi connectivity index (χ0) is 23.3. The number of nitrogens with two attached hydrogens (primary N) is 1. The monoisotopic (exact) mass is 469 g/mol. The maximum atomic E-state index is 13.2. The summed E-state index contributed by atoms with van der Waals surface area (Å²) in [5.74, 6) is -0.580. The maximum absolute atomic E-state index is 13.2. The van der Waals surface area contributed by atoms with E-state index in [4.69, 9.17) is 10.5 Å². The second-order valence-corrected chi connectivity index (χ2v) is 9.27. The predicted octanol–water partition coefficient (Wildman–Crippen LogP) is 3.51. The number of hydrogen-bond acceptors (Lipinski definition) is 8. The number of alkyl halides is 3. The first-order chi connectivity index (χ1) is 14.9. The summed E-state index contributed by atoms with van der Waals surface area (Å²) in [5, 5.41) is 5.20. The van der Waals surface area contributed by atoms with E-state index >= 15 is 0 Å². The Balaban J connectivity index is 1.53. The SMILES string of the molecule is CC(C)(C)OC(=O)N1CCN(c2nn3c(-c4cnc(N)c(C(F)(F)F)c4)cnc3s2)CC1. The van der Waals surface area contributed by atoms with E-state index in [1.165, 1.54) is 28.2 Å². The summed E-state index contributed by atoms with van der Waals surface area (Å²) in [6, 6.07) is 0.949. The van der Waals surface area contributed by atoms with E-state index < -0.39 is 23.2 Å². The Morgan fingerprint density at radius 3 is 2.44 bits per heavy atom. The maximum Gasteiger partial charge on any atom is 0.419 e. The Kier molecular flexibility index (Phi) is 5.39. The van der Waals surface area contributed by atoms with Crippen LogP contribution in [0.3, 0.4) is 0 Å². The molecule has 0 aliphatic carbocycles. The van der Waals surface area contributed by atoms with Crippen molar-refractivity contribution in [3.8, 4) is 11.3 Å². The minimum absolute atomic E-state index is 0.214. The minimum atomic E-state index is -4.61. The number of amides is 1. The van der Waals surface area contributed by atoms with Crippen LogP contribution in [0.2, 0.25) is 0 Å². The second kappa shape index (κ2) is 7.80. The van der Waals surface area contributed by atoms with Crippen molar-refractivity contribution < 1.29 is 22.7 Å². The van der Waals surface area contributed by atoms with Gasteiger partial charge in [-0.1, -0.05) is 11.3 Å². The highest BCUT2D eigenvalue weighted by Gasteiger charge is 2.34. The van der Waals surface area contributed by atoms with Gasteiger partial charge in [0, 0.05) is 37.9 Å². The van der Waals surface area contributed by atoms with Crippen LogP contribution in [0.25, 0.3) is 16.2 Å². The standard InChI is InChI=1S/C19H22F3N7O2S/c1-18(2,3)31-17(30)28-6-4-27(5-7-28)16-26-29-13(10-25-15(29)32-16)11-8-12(19(20,21)22)14(23)24-9-11/h8-10H,4-7H2,1-3H3,(H2,23,24). The van der Waals surface area contributed by atoms with Gasteiger partial charge in [0.05, 0.1) is 17.5 Å². The van der Waals surface area contributed by atoms with Gasteiger partial charge in [0.2, 0.25) is 10.1 Å². The normalized spacial score (nSPS) is 15.4. The lowest BCUT2D eigenvalue weighted by atomic mass is 10.1. The molecule has 1 saturated heterocycles. The van der Waals surface area contributed by atoms with Crippen LogP contribution in [0.4, 0.5) is 28.9 Å². The molecule has 2 N–H and O–H groups in total. The Labute approximate surface area is 185 Å². The van der Waals surface area contributed by atoms with Crippen molar-refractivity contribution >= 4 is 33.3 Å². The summed E-state index contributed by atoms with van der Waals surface area (Å²) in [4.78, 5) is 24.4. The molecule has 4 rings (SSSR count). The third-order valence-corrected chi connectivity index (χ3v) is 5.78. The van der Waals surface area contributed by atoms with E-state index in [0.717, 1.165) is 6.07 Å². The highest BCUT2D eigenvalue weighted by Crippen LogP contribution is 2.36. The molecule has 1 fully saturated rings. The van der Waals surface area contributed by atoms with Crippen LogP contribution >= 0.6 is 11.3 Å². The number of halogens is 3. The number of aromatic nitrogens is 4. The Bertz CT molecular complexity index is 1140. The number of nitrogen functional groups attached to an aromatic ring is 1. The van der Waals surface area contributed by atoms with Crippen LogP contribution in [0.15, 0.2) is 18.5 Å². The van der Waals surface area contributed by atoms with Crippen molar-refractivity contribution in [1.82, 2.24) is 24.5 Å². The van der Waals surface area contributed by atoms with E-state index in [1.807, 2.05) is 25.7 Å². The quantitative estimate of drug-likeness (QED) is 0.613. The second-order valence-electron chi connectivity index (χ2n) is 8.33. The molecule has 172 valence electrons. The lowest BCUT2D eigenvalue weighted by molar-refractivity contribution is -0.137. The molecule has 13 heteroatoms. The number of carbonyl (C=O) groups excluding carboxylic acids is 1. The summed E-state index contributed by atoms with van der Waals surface area (Å²) in [6.45, 7) is 7.50. The molecule has 1 amide bonds. The van der Waals surface area contributed by atoms with Crippen LogP contribution in [0.5, 0.6) is 0 Å². The van der Waals surface area contributed by atoms with E-state index in [1.54, 1.807) is 4.90 Å². The molecular weight excluding hydrogens is 447 g/mol. The molecule has 3 aromatic rings. The van der Waals surface area contributed by atoms with E-state index in [-0.39, 0.29) is 11.7 Å². The number of anilines is 2. The van der Waals surface area contributed by atoms with Crippen LogP contribution in [0.1, 0.15) is 26.3 Å². The third-order valence-electron chi connectivity index (χ3n) is 4.80. The first-order valence-corrected chi connectivity index (χ1v) is 10.6. The number of hydrogen-bond donors (Lipinski definition) is 1. The van der Waals surface area contributed by atoms with Crippen LogP contribution in [0, 0.1) is 0 Å². The lowest BCUT2D eigenvalue weighted by Gasteiger charge is -2.35. The van der Waals surface area contributed by atoms with E-state index in [9.17, 15) is 18.0 Å². The topological polar surface area (TPSA) is 102 Å². The molecule has 1 aliphatic heterocycles. The average Bonchev–Trinajstić information content (AvgIpc) is 3.27. The molecule has 0 unspecified atom stereocenters. The highest BCUT2D eigenvalue weighted by atomic mass is 32.1. The third kappa shape index (κ3) is 4.42. The molecule has 0 atom stereocenters. The van der Waals surface area contributed by atoms with Gasteiger partial charge in [-0.3, -0.25) is 0 Å². The molecule has 9 nitrogen and oxygen atoms in total. The highest BCUT2D eigenvalue weighted by molar-refractivity contribution is 7.20. The van der Waals surface area contributed by atoms with Gasteiger partial charge in [-0.25, -0.2) is 19.3 Å². The lowest BCUT2D eigenvalue weighted by Crippen LogP contribution is -2.50. The average molecular weight is 469 g/mol. The van der Waals surface area contributed by atoms with E-state index in [0.29, 0.717) is 42.0 Å². The summed E-state index contributed by atoms with van der Waals surface area (Å²) in [6.07, 6.45) is -2.24. The Morgan fingerprint density at radius 2 is 1.81 bits per heavy atom. The van der Waals surface area contributed by atoms with Crippen molar-refractivity contribution in [2.45, 2.75) is 32.5 Å². The van der Waals surface area contributed by atoms with E-state index in [2.05, 4.69) is 15.1 Å². The first kappa shape index (κ1) is 22.1. The van der Waals surface area contributed by atoms with Gasteiger partial charge in [0.25, 0.3) is 0 Å². The van der Waals surface area contributed by atoms with Crippen molar-refractivity contribution in [3.05, 3.63) is 24.0 Å². The fourth-order valence-electron chi connectivity index (χ4n) is 3.26. The number of nitrogens with zero attached hydrogens (tertiary/aromatic N) is 6. The number of rotatable bonds is 2.